The maximum Gasteiger partial charge on any atom is 0.567 e. The maximum absolute atomic E-state index is 10.3. The first-order valence-electron chi connectivity index (χ1n) is 2.91. The lowest BCUT2D eigenvalue weighted by Gasteiger charge is -2.18. The van der Waals surface area contributed by atoms with Gasteiger partial charge in [0.25, 0.3) is 0 Å². The molecule has 0 saturated carbocycles. The average Bonchev–Trinajstić information content (AvgIpc) is 1.99. The minimum Gasteiger partial charge on any atom is -0.316 e. The van der Waals surface area contributed by atoms with E-state index in [0.29, 0.717) is 6.29 Å². The van der Waals surface area contributed by atoms with E-state index in [-0.39, 0.29) is 5.75 Å². The van der Waals surface area contributed by atoms with E-state index in [1.807, 2.05) is 0 Å². The molecule has 0 saturated heterocycles. The first kappa shape index (κ1) is 12.2. The standard InChI is InChI=1S/C4H10NO5PS/c5-4(1-6,3-12)2-10-11(7,8)9/h1,7-9H,2-3,5H2/p+1/t4-/m0/s1. The Morgan fingerprint density at radius 2 is 2.08 bits per heavy atom. The second-order valence-electron chi connectivity index (χ2n) is 2.30. The molecule has 5 N–H and O–H groups in total. The molecule has 12 heavy (non-hydrogen) atoms. The molecular formula is C4H11NO5PS+. The first-order valence-corrected chi connectivity index (χ1v) is 5.11. The summed E-state index contributed by atoms with van der Waals surface area (Å²) in [7, 11) is -4.31. The minimum absolute atomic E-state index is 0.0174. The zero-order valence-corrected chi connectivity index (χ0v) is 7.91. The van der Waals surface area contributed by atoms with E-state index in [4.69, 9.17) is 20.4 Å². The van der Waals surface area contributed by atoms with Crippen molar-refractivity contribution in [2.24, 2.45) is 5.73 Å². The fourth-order valence-electron chi connectivity index (χ4n) is 0.324. The van der Waals surface area contributed by atoms with Crippen LogP contribution < -0.4 is 5.73 Å². The molecule has 0 unspecified atom stereocenters. The third-order valence-corrected chi connectivity index (χ3v) is 2.10. The lowest BCUT2D eigenvalue weighted by molar-refractivity contribution is -0.112. The zero-order valence-electron chi connectivity index (χ0n) is 6.12. The number of carbonyl (C=O) groups excluding carboxylic acids is 1. The Bertz CT molecular complexity index is 162. The summed E-state index contributed by atoms with van der Waals surface area (Å²) >= 11 is 3.74. The van der Waals surface area contributed by atoms with E-state index in [9.17, 15) is 4.79 Å². The van der Waals surface area contributed by atoms with Gasteiger partial charge in [0.2, 0.25) is 0 Å². The summed E-state index contributed by atoms with van der Waals surface area (Å²) in [6.45, 7) is -0.489. The van der Waals surface area contributed by atoms with Crippen molar-refractivity contribution in [3.05, 3.63) is 0 Å². The van der Waals surface area contributed by atoms with Gasteiger partial charge in [-0.2, -0.15) is 31.8 Å². The van der Waals surface area contributed by atoms with Crippen molar-refractivity contribution in [3.63, 3.8) is 0 Å². The van der Waals surface area contributed by atoms with Crippen molar-refractivity contribution in [2.45, 2.75) is 5.54 Å². The molecule has 72 valence electrons. The van der Waals surface area contributed by atoms with E-state index < -0.39 is 20.3 Å². The second-order valence-corrected chi connectivity index (χ2v) is 3.90. The Balaban J connectivity index is 3.98. The normalized spacial score (nSPS) is 17.1. The molecule has 0 heterocycles. The summed E-state index contributed by atoms with van der Waals surface area (Å²) in [4.78, 5) is 35.4. The highest BCUT2D eigenvalue weighted by atomic mass is 32.1. The second kappa shape index (κ2) is 4.48. The summed E-state index contributed by atoms with van der Waals surface area (Å²) in [6.07, 6.45) is 0.371. The molecule has 0 radical (unpaired) electrons. The Kier molecular flexibility index (Phi) is 4.57. The zero-order chi connectivity index (χ0) is 9.83. The van der Waals surface area contributed by atoms with Crippen LogP contribution in [0.4, 0.5) is 0 Å². The third-order valence-electron chi connectivity index (χ3n) is 1.04. The van der Waals surface area contributed by atoms with Crippen molar-refractivity contribution < 1.29 is 24.0 Å². The molecule has 0 aliphatic carbocycles. The summed E-state index contributed by atoms with van der Waals surface area (Å²) in [5.41, 5.74) is 3.92. The predicted molar refractivity (Wildman–Crippen MR) is 46.4 cm³/mol. The van der Waals surface area contributed by atoms with E-state index in [2.05, 4.69) is 17.2 Å². The molecule has 0 rings (SSSR count). The molecule has 0 aliphatic rings. The number of thiol groups is 1. The average molecular weight is 216 g/mol. The first-order chi connectivity index (χ1) is 5.33. The summed E-state index contributed by atoms with van der Waals surface area (Å²) in [6, 6.07) is 0. The number of nitrogens with two attached hydrogens (primary N) is 1. The highest BCUT2D eigenvalue weighted by Gasteiger charge is 2.37. The minimum atomic E-state index is -4.31. The van der Waals surface area contributed by atoms with Crippen LogP contribution in [0.15, 0.2) is 0 Å². The Morgan fingerprint density at radius 1 is 1.58 bits per heavy atom. The number of rotatable bonds is 5. The molecule has 0 spiro atoms. The molecular weight excluding hydrogens is 205 g/mol. The quantitative estimate of drug-likeness (QED) is 0.217. The highest BCUT2D eigenvalue weighted by molar-refractivity contribution is 7.80. The molecule has 1 atom stereocenters. The molecule has 6 nitrogen and oxygen atoms in total. The van der Waals surface area contributed by atoms with Gasteiger partial charge in [-0.1, -0.05) is 0 Å². The van der Waals surface area contributed by atoms with Crippen LogP contribution in [0.5, 0.6) is 0 Å². The van der Waals surface area contributed by atoms with Crippen LogP contribution >= 0.6 is 20.8 Å². The third kappa shape index (κ3) is 5.00. The Labute approximate surface area is 75.4 Å². The van der Waals surface area contributed by atoms with E-state index >= 15 is 0 Å². The topological polar surface area (TPSA) is 113 Å². The van der Waals surface area contributed by atoms with E-state index in [1.54, 1.807) is 0 Å². The number of carbonyl (C=O) groups is 1. The van der Waals surface area contributed by atoms with Crippen molar-refractivity contribution >= 4 is 27.1 Å². The van der Waals surface area contributed by atoms with Crippen molar-refractivity contribution in [3.8, 4) is 0 Å². The number of hydrogen-bond acceptors (Lipinski definition) is 7. The van der Waals surface area contributed by atoms with Crippen molar-refractivity contribution in [2.75, 3.05) is 12.4 Å². The molecule has 0 fully saturated rings. The van der Waals surface area contributed by atoms with Crippen LogP contribution in [0.25, 0.3) is 0 Å². The number of hydrogen-bond donors (Lipinski definition) is 5. The Morgan fingerprint density at radius 3 is 2.33 bits per heavy atom. The molecule has 0 aromatic rings. The van der Waals surface area contributed by atoms with Gasteiger partial charge < -0.3 is 10.5 Å². The Hall–Kier alpha value is 0.250. The molecule has 0 amide bonds. The monoisotopic (exact) mass is 216 g/mol. The number of aldehydes is 1. The predicted octanol–water partition coefficient (Wildman–Crippen LogP) is -1.52. The van der Waals surface area contributed by atoms with Gasteiger partial charge in [0.15, 0.2) is 0 Å². The van der Waals surface area contributed by atoms with Crippen LogP contribution in [-0.2, 0) is 9.32 Å². The van der Waals surface area contributed by atoms with Crippen LogP contribution in [-0.4, -0.2) is 38.9 Å². The van der Waals surface area contributed by atoms with Crippen LogP contribution in [0.1, 0.15) is 0 Å². The largest absolute Gasteiger partial charge is 0.567 e. The SMILES string of the molecule is N[C@](C=O)(CS)CO[P+](O)(O)O. The van der Waals surface area contributed by atoms with Gasteiger partial charge in [0, 0.05) is 5.75 Å². The van der Waals surface area contributed by atoms with Gasteiger partial charge in [0.1, 0.15) is 18.4 Å². The van der Waals surface area contributed by atoms with Gasteiger partial charge in [-0.25, -0.2) is 0 Å². The fraction of sp³-hybridized carbons (Fsp3) is 0.750. The molecule has 0 aromatic carbocycles. The van der Waals surface area contributed by atoms with Crippen molar-refractivity contribution in [1.82, 2.24) is 0 Å². The summed E-state index contributed by atoms with van der Waals surface area (Å²) in [5, 5.41) is 0. The van der Waals surface area contributed by atoms with Crippen LogP contribution in [0.3, 0.4) is 0 Å². The van der Waals surface area contributed by atoms with Gasteiger partial charge in [-0.15, -0.1) is 0 Å². The lowest BCUT2D eigenvalue weighted by atomic mass is 10.1. The summed E-state index contributed by atoms with van der Waals surface area (Å²) < 4.78 is 4.15. The van der Waals surface area contributed by atoms with Gasteiger partial charge in [-0.05, 0) is 0 Å². The van der Waals surface area contributed by atoms with Gasteiger partial charge in [0.05, 0.1) is 0 Å². The fourth-order valence-corrected chi connectivity index (χ4v) is 0.903. The van der Waals surface area contributed by atoms with Crippen molar-refractivity contribution in [1.29, 1.82) is 0 Å². The van der Waals surface area contributed by atoms with Crippen LogP contribution in [0.2, 0.25) is 0 Å². The van der Waals surface area contributed by atoms with Crippen LogP contribution in [0, 0.1) is 0 Å². The highest BCUT2D eigenvalue weighted by Crippen LogP contribution is 2.45. The van der Waals surface area contributed by atoms with E-state index in [1.165, 1.54) is 0 Å². The molecule has 0 aromatic heterocycles. The summed E-state index contributed by atoms with van der Waals surface area (Å²) in [5.74, 6) is -0.0174. The smallest absolute Gasteiger partial charge is 0.316 e. The lowest BCUT2D eigenvalue weighted by Crippen LogP contribution is -2.48. The van der Waals surface area contributed by atoms with E-state index in [0.717, 1.165) is 0 Å². The van der Waals surface area contributed by atoms with Gasteiger partial charge >= 0.3 is 8.17 Å². The molecule has 0 bridgehead atoms. The maximum atomic E-state index is 10.3. The molecule has 0 aliphatic heterocycles. The van der Waals surface area contributed by atoms with Gasteiger partial charge in [-0.3, -0.25) is 0 Å². The molecule has 8 heteroatoms.